The van der Waals surface area contributed by atoms with E-state index in [1.54, 1.807) is 12.1 Å². The summed E-state index contributed by atoms with van der Waals surface area (Å²) in [5.74, 6) is -3.67. The SMILES string of the molecule is CC(C)CC(NC(=O)C(N)Cc1ccc(O)cc1)C(=O)NC(C(=O)NC(CCCN=C(N)N)C(=O)O)C(C)O. The second-order valence-electron chi connectivity index (χ2n) is 9.74. The molecule has 5 atom stereocenters. The number of amides is 3. The zero-order valence-electron chi connectivity index (χ0n) is 22.5. The first-order valence-corrected chi connectivity index (χ1v) is 12.6. The number of carboxylic acid groups (broad SMARTS) is 1. The molecule has 5 unspecified atom stereocenters. The number of nitrogens with zero attached hydrogens (tertiary/aromatic N) is 1. The molecule has 0 bridgehead atoms. The average Bonchev–Trinajstić information content (AvgIpc) is 2.84. The van der Waals surface area contributed by atoms with Gasteiger partial charge in [0.15, 0.2) is 5.96 Å². The lowest BCUT2D eigenvalue weighted by Gasteiger charge is -2.27. The average molecular weight is 552 g/mol. The summed E-state index contributed by atoms with van der Waals surface area (Å²) in [6.07, 6.45) is -0.755. The first-order chi connectivity index (χ1) is 18.2. The largest absolute Gasteiger partial charge is 0.508 e. The maximum atomic E-state index is 13.1. The highest BCUT2D eigenvalue weighted by Crippen LogP contribution is 2.12. The Morgan fingerprint density at radius 1 is 0.923 bits per heavy atom. The third-order valence-electron chi connectivity index (χ3n) is 5.69. The Bertz CT molecular complexity index is 995. The van der Waals surface area contributed by atoms with Gasteiger partial charge in [-0.2, -0.15) is 0 Å². The Morgan fingerprint density at radius 2 is 1.51 bits per heavy atom. The van der Waals surface area contributed by atoms with Crippen LogP contribution in [0.2, 0.25) is 0 Å². The van der Waals surface area contributed by atoms with Crippen molar-refractivity contribution in [1.82, 2.24) is 16.0 Å². The smallest absolute Gasteiger partial charge is 0.326 e. The topological polar surface area (TPSA) is 255 Å². The fraction of sp³-hybridized carbons (Fsp3) is 0.560. The zero-order chi connectivity index (χ0) is 29.7. The van der Waals surface area contributed by atoms with Gasteiger partial charge in [0.1, 0.15) is 23.9 Å². The number of hydrogen-bond acceptors (Lipinski definition) is 8. The maximum absolute atomic E-state index is 13.1. The van der Waals surface area contributed by atoms with Crippen LogP contribution in [0.5, 0.6) is 5.75 Å². The molecular formula is C25H41N7O7. The molecule has 1 aromatic rings. The van der Waals surface area contributed by atoms with E-state index < -0.39 is 54.0 Å². The molecule has 0 saturated heterocycles. The van der Waals surface area contributed by atoms with Crippen molar-refractivity contribution in [3.05, 3.63) is 29.8 Å². The van der Waals surface area contributed by atoms with Crippen molar-refractivity contribution in [2.24, 2.45) is 28.1 Å². The van der Waals surface area contributed by atoms with Crippen LogP contribution in [0, 0.1) is 5.92 Å². The molecule has 0 spiro atoms. The van der Waals surface area contributed by atoms with Gasteiger partial charge in [0, 0.05) is 6.54 Å². The van der Waals surface area contributed by atoms with E-state index in [1.807, 2.05) is 13.8 Å². The van der Waals surface area contributed by atoms with E-state index >= 15 is 0 Å². The molecule has 39 heavy (non-hydrogen) atoms. The van der Waals surface area contributed by atoms with E-state index in [-0.39, 0.29) is 49.9 Å². The summed E-state index contributed by atoms with van der Waals surface area (Å²) < 4.78 is 0. The highest BCUT2D eigenvalue weighted by atomic mass is 16.4. The third-order valence-corrected chi connectivity index (χ3v) is 5.69. The van der Waals surface area contributed by atoms with Gasteiger partial charge in [0.2, 0.25) is 17.7 Å². The lowest BCUT2D eigenvalue weighted by Crippen LogP contribution is -2.60. The van der Waals surface area contributed by atoms with E-state index in [4.69, 9.17) is 17.2 Å². The van der Waals surface area contributed by atoms with Crippen molar-refractivity contribution in [2.75, 3.05) is 6.54 Å². The van der Waals surface area contributed by atoms with Gasteiger partial charge >= 0.3 is 5.97 Å². The number of nitrogens with two attached hydrogens (primary N) is 3. The first kappa shape index (κ1) is 33.1. The molecular weight excluding hydrogens is 510 g/mol. The van der Waals surface area contributed by atoms with Crippen molar-refractivity contribution in [3.8, 4) is 5.75 Å². The molecule has 0 aliphatic carbocycles. The molecule has 12 N–H and O–H groups in total. The Kier molecular flexibility index (Phi) is 13.7. The molecule has 1 aromatic carbocycles. The number of carboxylic acids is 1. The molecule has 0 heterocycles. The summed E-state index contributed by atoms with van der Waals surface area (Å²) in [4.78, 5) is 54.1. The van der Waals surface area contributed by atoms with E-state index in [0.717, 1.165) is 0 Å². The highest BCUT2D eigenvalue weighted by molar-refractivity contribution is 5.94. The number of hydrogen-bond donors (Lipinski definition) is 9. The Labute approximate surface area is 227 Å². The molecule has 3 amide bonds. The molecule has 0 fully saturated rings. The minimum absolute atomic E-state index is 0.00325. The van der Waals surface area contributed by atoms with Crippen LogP contribution in [0.15, 0.2) is 29.3 Å². The van der Waals surface area contributed by atoms with Crippen LogP contribution >= 0.6 is 0 Å². The minimum atomic E-state index is -1.49. The summed E-state index contributed by atoms with van der Waals surface area (Å²) in [6.45, 7) is 5.09. The number of guanidine groups is 1. The van der Waals surface area contributed by atoms with E-state index in [0.29, 0.717) is 5.56 Å². The second-order valence-corrected chi connectivity index (χ2v) is 9.74. The number of rotatable bonds is 16. The maximum Gasteiger partial charge on any atom is 0.326 e. The number of aliphatic imine (C=N–C) groups is 1. The predicted octanol–water partition coefficient (Wildman–Crippen LogP) is -1.72. The lowest BCUT2D eigenvalue weighted by atomic mass is 10.0. The quantitative estimate of drug-likeness (QED) is 0.0638. The van der Waals surface area contributed by atoms with E-state index in [2.05, 4.69) is 20.9 Å². The van der Waals surface area contributed by atoms with Gasteiger partial charge in [-0.25, -0.2) is 4.79 Å². The van der Waals surface area contributed by atoms with Gasteiger partial charge in [-0.1, -0.05) is 26.0 Å². The number of aromatic hydroxyl groups is 1. The molecule has 0 aliphatic heterocycles. The van der Waals surface area contributed by atoms with Gasteiger partial charge in [-0.3, -0.25) is 19.4 Å². The predicted molar refractivity (Wildman–Crippen MR) is 144 cm³/mol. The zero-order valence-corrected chi connectivity index (χ0v) is 22.5. The molecule has 0 aliphatic rings. The van der Waals surface area contributed by atoms with Gasteiger partial charge in [0.05, 0.1) is 12.1 Å². The number of aliphatic hydroxyl groups excluding tert-OH is 1. The summed E-state index contributed by atoms with van der Waals surface area (Å²) in [7, 11) is 0. The number of benzene rings is 1. The van der Waals surface area contributed by atoms with Crippen LogP contribution in [0.25, 0.3) is 0 Å². The van der Waals surface area contributed by atoms with Gasteiger partial charge in [-0.05, 0) is 56.2 Å². The Hall–Kier alpha value is -3.91. The Morgan fingerprint density at radius 3 is 2.03 bits per heavy atom. The number of nitrogens with one attached hydrogen (secondary N) is 3. The lowest BCUT2D eigenvalue weighted by molar-refractivity contribution is -0.143. The summed E-state index contributed by atoms with van der Waals surface area (Å²) in [5, 5.41) is 36.4. The van der Waals surface area contributed by atoms with Crippen molar-refractivity contribution in [3.63, 3.8) is 0 Å². The summed E-state index contributed by atoms with van der Waals surface area (Å²) in [6, 6.07) is 1.30. The Balaban J connectivity index is 2.90. The molecule has 0 saturated carbocycles. The number of carbonyl (C=O) groups excluding carboxylic acids is 3. The fourth-order valence-corrected chi connectivity index (χ4v) is 3.64. The molecule has 0 aromatic heterocycles. The van der Waals surface area contributed by atoms with Crippen LogP contribution in [-0.2, 0) is 25.6 Å². The molecule has 218 valence electrons. The van der Waals surface area contributed by atoms with Crippen LogP contribution in [0.4, 0.5) is 0 Å². The van der Waals surface area contributed by atoms with Crippen LogP contribution in [0.1, 0.15) is 45.6 Å². The normalized spacial score (nSPS) is 14.8. The number of carbonyl (C=O) groups is 4. The molecule has 1 rings (SSSR count). The van der Waals surface area contributed by atoms with Crippen LogP contribution < -0.4 is 33.2 Å². The number of aliphatic carboxylic acids is 1. The number of phenolic OH excluding ortho intramolecular Hbond substituents is 1. The summed E-state index contributed by atoms with van der Waals surface area (Å²) >= 11 is 0. The van der Waals surface area contributed by atoms with E-state index in [9.17, 15) is 34.5 Å². The third kappa shape index (κ3) is 12.5. The van der Waals surface area contributed by atoms with Crippen molar-refractivity contribution >= 4 is 29.7 Å². The van der Waals surface area contributed by atoms with Crippen molar-refractivity contribution < 1.29 is 34.5 Å². The van der Waals surface area contributed by atoms with Crippen molar-refractivity contribution in [1.29, 1.82) is 0 Å². The van der Waals surface area contributed by atoms with Gasteiger partial charge < -0.3 is 48.5 Å². The monoisotopic (exact) mass is 551 g/mol. The molecule has 14 nitrogen and oxygen atoms in total. The first-order valence-electron chi connectivity index (χ1n) is 12.6. The summed E-state index contributed by atoms with van der Waals surface area (Å²) in [5.41, 5.74) is 17.2. The van der Waals surface area contributed by atoms with Crippen molar-refractivity contribution in [2.45, 2.75) is 76.7 Å². The number of phenols is 1. The number of aliphatic hydroxyl groups is 1. The van der Waals surface area contributed by atoms with Gasteiger partial charge in [0.25, 0.3) is 0 Å². The van der Waals surface area contributed by atoms with Crippen LogP contribution in [-0.4, -0.2) is 81.8 Å². The van der Waals surface area contributed by atoms with Gasteiger partial charge in [-0.15, -0.1) is 0 Å². The van der Waals surface area contributed by atoms with Crippen LogP contribution in [0.3, 0.4) is 0 Å². The molecule has 0 radical (unpaired) electrons. The minimum Gasteiger partial charge on any atom is -0.508 e. The second kappa shape index (κ2) is 16.1. The fourth-order valence-electron chi connectivity index (χ4n) is 3.64. The highest BCUT2D eigenvalue weighted by Gasteiger charge is 2.33. The standard InChI is InChI=1S/C25H41N7O7/c1-13(2)11-19(31-21(35)17(26)12-15-6-8-16(34)9-7-15)22(36)32-20(14(3)33)23(37)30-18(24(38)39)5-4-10-29-25(27)28/h6-9,13-14,17-20,33-34H,4-5,10-12,26H2,1-3H3,(H,30,37)(H,31,35)(H,32,36)(H,38,39)(H4,27,28,29). The van der Waals surface area contributed by atoms with E-state index in [1.165, 1.54) is 19.1 Å². The molecule has 14 heteroatoms.